The second kappa shape index (κ2) is 7.05. The molecular weight excluding hydrogens is 392 g/mol. The van der Waals surface area contributed by atoms with Crippen LogP contribution in [0, 0.1) is 0 Å². The minimum atomic E-state index is -4.09. The predicted molar refractivity (Wildman–Crippen MR) is 103 cm³/mol. The van der Waals surface area contributed by atoms with Crippen molar-refractivity contribution in [1.82, 2.24) is 0 Å². The Morgan fingerprint density at radius 1 is 1.19 bits per heavy atom. The summed E-state index contributed by atoms with van der Waals surface area (Å²) in [6.07, 6.45) is 1.15. The number of halogens is 1. The average molecular weight is 407 g/mol. The molecule has 140 valence electrons. The zero-order valence-corrected chi connectivity index (χ0v) is 16.0. The summed E-state index contributed by atoms with van der Waals surface area (Å²) in [5.74, 6) is -1.29. The van der Waals surface area contributed by atoms with Crippen LogP contribution in [-0.2, 0) is 14.8 Å². The number of sulfonamides is 1. The quantitative estimate of drug-likeness (QED) is 0.622. The second-order valence-electron chi connectivity index (χ2n) is 5.68. The number of fused-ring (bicyclic) bond motifs is 1. The Morgan fingerprint density at radius 2 is 1.85 bits per heavy atom. The summed E-state index contributed by atoms with van der Waals surface area (Å²) in [7, 11) is -1.55. The lowest BCUT2D eigenvalue weighted by Gasteiger charge is -2.28. The fraction of sp³-hybridized carbons (Fsp3) is 0.111. The molecule has 1 heterocycles. The van der Waals surface area contributed by atoms with Gasteiger partial charge in [-0.2, -0.15) is 0 Å². The SMILES string of the molecule is COC(=O)c1ccc2c(c1)N(C)S(=O)(=O)C(=CNc1ccc(Cl)cc1)C2=O. The summed E-state index contributed by atoms with van der Waals surface area (Å²) >= 11 is 5.82. The van der Waals surface area contributed by atoms with Crippen molar-refractivity contribution >= 4 is 44.8 Å². The smallest absolute Gasteiger partial charge is 0.337 e. The molecule has 0 atom stereocenters. The highest BCUT2D eigenvalue weighted by molar-refractivity contribution is 7.97. The van der Waals surface area contributed by atoms with Gasteiger partial charge < -0.3 is 10.1 Å². The van der Waals surface area contributed by atoms with Crippen LogP contribution in [0.1, 0.15) is 20.7 Å². The number of nitrogens with zero attached hydrogens (tertiary/aromatic N) is 1. The van der Waals surface area contributed by atoms with Crippen LogP contribution in [0.25, 0.3) is 0 Å². The fourth-order valence-corrected chi connectivity index (χ4v) is 3.97. The molecule has 27 heavy (non-hydrogen) atoms. The molecule has 2 aromatic carbocycles. The number of benzene rings is 2. The highest BCUT2D eigenvalue weighted by Crippen LogP contribution is 2.34. The first-order chi connectivity index (χ1) is 12.8. The molecule has 1 aliphatic rings. The number of rotatable bonds is 3. The Labute approximate surface area is 161 Å². The van der Waals surface area contributed by atoms with E-state index < -0.39 is 26.7 Å². The molecule has 0 spiro atoms. The van der Waals surface area contributed by atoms with Gasteiger partial charge in [0.15, 0.2) is 4.91 Å². The highest BCUT2D eigenvalue weighted by Gasteiger charge is 2.38. The number of allylic oxidation sites excluding steroid dienone is 1. The first kappa shape index (κ1) is 18.9. The summed E-state index contributed by atoms with van der Waals surface area (Å²) in [6.45, 7) is 0. The minimum absolute atomic E-state index is 0.117. The number of hydrogen-bond acceptors (Lipinski definition) is 6. The van der Waals surface area contributed by atoms with Gasteiger partial charge in [0.1, 0.15) is 0 Å². The van der Waals surface area contributed by atoms with Crippen LogP contribution in [0.3, 0.4) is 0 Å². The Balaban J connectivity index is 2.03. The van der Waals surface area contributed by atoms with E-state index in [2.05, 4.69) is 10.1 Å². The van der Waals surface area contributed by atoms with Crippen molar-refractivity contribution in [2.24, 2.45) is 0 Å². The zero-order chi connectivity index (χ0) is 19.8. The lowest BCUT2D eigenvalue weighted by molar-refractivity contribution is 0.0600. The number of carbonyl (C=O) groups is 2. The molecule has 1 aliphatic heterocycles. The van der Waals surface area contributed by atoms with E-state index >= 15 is 0 Å². The van der Waals surface area contributed by atoms with Gasteiger partial charge in [0.25, 0.3) is 10.0 Å². The number of Topliss-reactive ketones (excluding diaryl/α,β-unsaturated/α-hetero) is 1. The Morgan fingerprint density at radius 3 is 2.48 bits per heavy atom. The summed E-state index contributed by atoms with van der Waals surface area (Å²) in [5.41, 5.74) is 1.01. The third-order valence-electron chi connectivity index (χ3n) is 4.08. The maximum absolute atomic E-state index is 12.8. The molecule has 9 heteroatoms. The lowest BCUT2D eigenvalue weighted by Crippen LogP contribution is -2.37. The maximum Gasteiger partial charge on any atom is 0.337 e. The van der Waals surface area contributed by atoms with Gasteiger partial charge in [-0.1, -0.05) is 11.6 Å². The number of ether oxygens (including phenoxy) is 1. The van der Waals surface area contributed by atoms with Crippen LogP contribution in [0.2, 0.25) is 5.02 Å². The van der Waals surface area contributed by atoms with Gasteiger partial charge in [0, 0.05) is 29.5 Å². The predicted octanol–water partition coefficient (Wildman–Crippen LogP) is 3.04. The molecule has 2 aromatic rings. The number of nitrogens with one attached hydrogen (secondary N) is 1. The van der Waals surface area contributed by atoms with Gasteiger partial charge in [-0.05, 0) is 42.5 Å². The zero-order valence-electron chi connectivity index (χ0n) is 14.4. The molecule has 3 rings (SSSR count). The first-order valence-electron chi connectivity index (χ1n) is 7.74. The number of anilines is 2. The lowest BCUT2D eigenvalue weighted by atomic mass is 10.0. The summed E-state index contributed by atoms with van der Waals surface area (Å²) in [5, 5.41) is 3.33. The molecule has 0 radical (unpaired) electrons. The van der Waals surface area contributed by atoms with E-state index in [1.807, 2.05) is 0 Å². The third kappa shape index (κ3) is 3.41. The van der Waals surface area contributed by atoms with E-state index in [0.29, 0.717) is 10.7 Å². The van der Waals surface area contributed by atoms with E-state index in [1.54, 1.807) is 24.3 Å². The van der Waals surface area contributed by atoms with Crippen molar-refractivity contribution in [1.29, 1.82) is 0 Å². The van der Waals surface area contributed by atoms with E-state index in [9.17, 15) is 18.0 Å². The van der Waals surface area contributed by atoms with Gasteiger partial charge in [0.05, 0.1) is 18.4 Å². The van der Waals surface area contributed by atoms with Crippen molar-refractivity contribution in [3.8, 4) is 0 Å². The monoisotopic (exact) mass is 406 g/mol. The topological polar surface area (TPSA) is 92.8 Å². The maximum atomic E-state index is 12.8. The van der Waals surface area contributed by atoms with Crippen LogP contribution in [0.5, 0.6) is 0 Å². The molecule has 0 bridgehead atoms. The number of methoxy groups -OCH3 is 1. The molecule has 0 aliphatic carbocycles. The van der Waals surface area contributed by atoms with Crippen molar-refractivity contribution < 1.29 is 22.7 Å². The van der Waals surface area contributed by atoms with Crippen LogP contribution in [0.15, 0.2) is 53.6 Å². The Bertz CT molecular complexity index is 1060. The molecule has 0 saturated heterocycles. The molecular formula is C18H15ClN2O5S. The number of hydrogen-bond donors (Lipinski definition) is 1. The van der Waals surface area contributed by atoms with E-state index in [0.717, 1.165) is 10.5 Å². The first-order valence-corrected chi connectivity index (χ1v) is 9.56. The highest BCUT2D eigenvalue weighted by atomic mass is 35.5. The summed E-state index contributed by atoms with van der Waals surface area (Å²) < 4.78 is 31.1. The number of esters is 1. The molecule has 1 N–H and O–H groups in total. The Hall–Kier alpha value is -2.84. The van der Waals surface area contributed by atoms with E-state index in [4.69, 9.17) is 11.6 Å². The molecule has 7 nitrogen and oxygen atoms in total. The second-order valence-corrected chi connectivity index (χ2v) is 8.06. The van der Waals surface area contributed by atoms with Crippen molar-refractivity contribution in [2.75, 3.05) is 23.8 Å². The minimum Gasteiger partial charge on any atom is -0.465 e. The van der Waals surface area contributed by atoms with E-state index in [-0.39, 0.29) is 16.8 Å². The molecule has 0 unspecified atom stereocenters. The van der Waals surface area contributed by atoms with Gasteiger partial charge in [0.2, 0.25) is 5.78 Å². The number of carbonyl (C=O) groups excluding carboxylic acids is 2. The van der Waals surface area contributed by atoms with Crippen LogP contribution >= 0.6 is 11.6 Å². The van der Waals surface area contributed by atoms with Gasteiger partial charge in [-0.3, -0.25) is 9.10 Å². The standard InChI is InChI=1S/C18H15ClN2O5S/c1-21-15-9-11(18(23)26-2)3-8-14(15)17(22)16(27(21,24)25)10-20-13-6-4-12(19)5-7-13/h3-10,20H,1-2H3. The van der Waals surface area contributed by atoms with Crippen molar-refractivity contribution in [3.63, 3.8) is 0 Å². The van der Waals surface area contributed by atoms with Crippen LogP contribution in [0.4, 0.5) is 11.4 Å². The van der Waals surface area contributed by atoms with Crippen molar-refractivity contribution in [3.05, 3.63) is 69.7 Å². The molecule has 0 saturated carbocycles. The summed E-state index contributed by atoms with van der Waals surface area (Å²) in [4.78, 5) is 24.0. The molecule has 0 fully saturated rings. The summed E-state index contributed by atoms with van der Waals surface area (Å²) in [6, 6.07) is 10.7. The van der Waals surface area contributed by atoms with Gasteiger partial charge >= 0.3 is 5.97 Å². The third-order valence-corrected chi connectivity index (χ3v) is 6.11. The normalized spacial score (nSPS) is 16.8. The largest absolute Gasteiger partial charge is 0.465 e. The van der Waals surface area contributed by atoms with Crippen LogP contribution in [-0.4, -0.2) is 34.3 Å². The van der Waals surface area contributed by atoms with Gasteiger partial charge in [-0.15, -0.1) is 0 Å². The van der Waals surface area contributed by atoms with Crippen LogP contribution < -0.4 is 9.62 Å². The average Bonchev–Trinajstić information content (AvgIpc) is 2.66. The fourth-order valence-electron chi connectivity index (χ4n) is 2.59. The number of ketones is 1. The van der Waals surface area contributed by atoms with Gasteiger partial charge in [-0.25, -0.2) is 13.2 Å². The van der Waals surface area contributed by atoms with E-state index in [1.165, 1.54) is 32.4 Å². The molecule has 0 aromatic heterocycles. The molecule has 0 amide bonds. The van der Waals surface area contributed by atoms with Crippen molar-refractivity contribution in [2.45, 2.75) is 0 Å². The Kier molecular flexibility index (Phi) is 4.95.